The number of fused-ring (bicyclic) bond motifs is 1. The Bertz CT molecular complexity index is 589. The predicted molar refractivity (Wildman–Crippen MR) is 70.8 cm³/mol. The van der Waals surface area contributed by atoms with Crippen molar-refractivity contribution >= 4 is 40.5 Å². The number of imidazole rings is 1. The number of pyridine rings is 1. The molecule has 0 aromatic carbocycles. The van der Waals surface area contributed by atoms with E-state index in [0.717, 1.165) is 22.8 Å². The molecule has 3 rings (SSSR count). The summed E-state index contributed by atoms with van der Waals surface area (Å²) in [5.41, 5.74) is 1.90. The van der Waals surface area contributed by atoms with Gasteiger partial charge < -0.3 is 9.84 Å². The van der Waals surface area contributed by atoms with Crippen LogP contribution in [0.5, 0.6) is 0 Å². The zero-order chi connectivity index (χ0) is 12.7. The third kappa shape index (κ3) is 1.96. The molecule has 18 heavy (non-hydrogen) atoms. The van der Waals surface area contributed by atoms with Crippen LogP contribution >= 0.6 is 15.9 Å². The smallest absolute Gasteiger partial charge is 0.162 e. The Kier molecular flexibility index (Phi) is 3.13. The maximum Gasteiger partial charge on any atom is 0.162 e. The fourth-order valence-electron chi connectivity index (χ4n) is 2.22. The molecule has 0 amide bonds. The van der Waals surface area contributed by atoms with Crippen LogP contribution in [-0.4, -0.2) is 40.2 Å². The van der Waals surface area contributed by atoms with Gasteiger partial charge in [-0.2, -0.15) is 0 Å². The van der Waals surface area contributed by atoms with Crippen LogP contribution in [-0.2, 0) is 4.74 Å². The summed E-state index contributed by atoms with van der Waals surface area (Å²) in [6.45, 7) is 0.0440. The fourth-order valence-corrected chi connectivity index (χ4v) is 2.74. The molecular weight excluding hydrogens is 297 g/mol. The summed E-state index contributed by atoms with van der Waals surface area (Å²) in [4.78, 5) is 8.61. The van der Waals surface area contributed by atoms with Gasteiger partial charge in [-0.25, -0.2) is 9.97 Å². The van der Waals surface area contributed by atoms with Gasteiger partial charge in [0.25, 0.3) is 0 Å². The van der Waals surface area contributed by atoms with Gasteiger partial charge >= 0.3 is 0 Å². The number of rotatable bonds is 2. The molecule has 2 aromatic heterocycles. The summed E-state index contributed by atoms with van der Waals surface area (Å²) in [7, 11) is 5.74. The highest BCUT2D eigenvalue weighted by Gasteiger charge is 2.27. The fraction of sp³-hybridized carbons (Fsp3) is 0.455. The molecule has 0 saturated carbocycles. The summed E-state index contributed by atoms with van der Waals surface area (Å²) < 4.78 is 8.41. The van der Waals surface area contributed by atoms with Gasteiger partial charge in [-0.05, 0) is 40.4 Å². The number of aliphatic hydroxyl groups is 1. The van der Waals surface area contributed by atoms with Gasteiger partial charge in [0.05, 0.1) is 19.0 Å². The van der Waals surface area contributed by atoms with Gasteiger partial charge in [-0.1, -0.05) is 0 Å². The maximum atomic E-state index is 9.09. The van der Waals surface area contributed by atoms with E-state index in [9.17, 15) is 0 Å². The molecule has 1 aliphatic heterocycles. The minimum absolute atomic E-state index is 0.0440. The maximum absolute atomic E-state index is 9.09. The van der Waals surface area contributed by atoms with E-state index in [1.54, 1.807) is 12.4 Å². The molecule has 1 aliphatic rings. The second kappa shape index (κ2) is 4.64. The summed E-state index contributed by atoms with van der Waals surface area (Å²) in [6.07, 6.45) is 3.15. The van der Waals surface area contributed by atoms with E-state index < -0.39 is 0 Å². The van der Waals surface area contributed by atoms with Gasteiger partial charge in [0, 0.05) is 4.47 Å². The van der Waals surface area contributed by atoms with Crippen LogP contribution in [0.2, 0.25) is 0 Å². The number of hydrogen-bond donors (Lipinski definition) is 1. The van der Waals surface area contributed by atoms with Crippen LogP contribution in [0.1, 0.15) is 19.1 Å². The summed E-state index contributed by atoms with van der Waals surface area (Å²) >= 11 is 3.42. The average Bonchev–Trinajstić information content (AvgIpc) is 2.93. The highest BCUT2D eigenvalue weighted by Crippen LogP contribution is 2.31. The van der Waals surface area contributed by atoms with Crippen molar-refractivity contribution in [2.75, 3.05) is 6.61 Å². The minimum atomic E-state index is -0.131. The number of halogens is 1. The van der Waals surface area contributed by atoms with E-state index in [1.807, 2.05) is 4.57 Å². The number of aliphatic hydroxyl groups excluding tert-OH is 1. The normalized spacial score (nSPS) is 23.9. The van der Waals surface area contributed by atoms with Gasteiger partial charge in [0.1, 0.15) is 19.6 Å². The van der Waals surface area contributed by atoms with Gasteiger partial charge in [0.2, 0.25) is 0 Å². The molecule has 1 saturated heterocycles. The van der Waals surface area contributed by atoms with E-state index in [1.165, 1.54) is 0 Å². The van der Waals surface area contributed by atoms with E-state index in [-0.39, 0.29) is 18.9 Å². The second-order valence-electron chi connectivity index (χ2n) is 4.33. The molecule has 2 atom stereocenters. The molecule has 1 fully saturated rings. The molecule has 3 heterocycles. The standard InChI is InChI=1S/C11H11BBrN3O2/c12-8-3-7(13)10-11(15-8)16(5-14-10)9-2-1-6(4-17)18-9/h3,5-6,9,17H,1-2,4H2. The first-order chi connectivity index (χ1) is 8.69. The second-order valence-corrected chi connectivity index (χ2v) is 5.18. The molecule has 92 valence electrons. The van der Waals surface area contributed by atoms with Crippen molar-refractivity contribution in [3.05, 3.63) is 16.9 Å². The predicted octanol–water partition coefficient (Wildman–Crippen LogP) is 0.657. The summed E-state index contributed by atoms with van der Waals surface area (Å²) in [5, 5.41) is 9.09. The van der Waals surface area contributed by atoms with Crippen LogP contribution in [0.15, 0.2) is 16.9 Å². The van der Waals surface area contributed by atoms with Gasteiger partial charge in [0.15, 0.2) is 5.65 Å². The SMILES string of the molecule is [B]c1cc(Br)c2ncn(C3CCC(CO)O3)c2n1. The van der Waals surface area contributed by atoms with Crippen molar-refractivity contribution in [1.29, 1.82) is 0 Å². The van der Waals surface area contributed by atoms with E-state index in [2.05, 4.69) is 25.9 Å². The van der Waals surface area contributed by atoms with Crippen molar-refractivity contribution in [1.82, 2.24) is 14.5 Å². The first-order valence-electron chi connectivity index (χ1n) is 5.74. The topological polar surface area (TPSA) is 60.2 Å². The molecule has 5 nitrogen and oxygen atoms in total. The number of nitrogens with zero attached hydrogens (tertiary/aromatic N) is 3. The van der Waals surface area contributed by atoms with Crippen molar-refractivity contribution in [2.24, 2.45) is 0 Å². The Morgan fingerprint density at radius 2 is 2.39 bits per heavy atom. The van der Waals surface area contributed by atoms with E-state index in [0.29, 0.717) is 11.2 Å². The lowest BCUT2D eigenvalue weighted by Crippen LogP contribution is -2.15. The molecule has 2 unspecified atom stereocenters. The van der Waals surface area contributed by atoms with Crippen molar-refractivity contribution in [2.45, 2.75) is 25.2 Å². The molecule has 0 bridgehead atoms. The largest absolute Gasteiger partial charge is 0.394 e. The lowest BCUT2D eigenvalue weighted by atomic mass is 10.0. The monoisotopic (exact) mass is 307 g/mol. The van der Waals surface area contributed by atoms with Crippen LogP contribution in [0.3, 0.4) is 0 Å². The Morgan fingerprint density at radius 3 is 3.11 bits per heavy atom. The Morgan fingerprint density at radius 1 is 1.56 bits per heavy atom. The summed E-state index contributed by atoms with van der Waals surface area (Å²) in [6, 6.07) is 1.73. The zero-order valence-corrected chi connectivity index (χ0v) is 11.2. The Hall–Kier alpha value is -0.915. The Labute approximate surface area is 114 Å². The number of ether oxygens (including phenoxy) is 1. The number of hydrogen-bond acceptors (Lipinski definition) is 4. The highest BCUT2D eigenvalue weighted by molar-refractivity contribution is 9.10. The quantitative estimate of drug-likeness (QED) is 0.828. The van der Waals surface area contributed by atoms with Crippen molar-refractivity contribution in [3.63, 3.8) is 0 Å². The molecular formula is C11H11BBrN3O2. The third-order valence-electron chi connectivity index (χ3n) is 3.10. The minimum Gasteiger partial charge on any atom is -0.394 e. The molecule has 7 heteroatoms. The lowest BCUT2D eigenvalue weighted by Gasteiger charge is -2.14. The van der Waals surface area contributed by atoms with Crippen LogP contribution in [0, 0.1) is 0 Å². The average molecular weight is 308 g/mol. The van der Waals surface area contributed by atoms with E-state index >= 15 is 0 Å². The molecule has 2 aromatic rings. The summed E-state index contributed by atoms with van der Waals surface area (Å²) in [5.74, 6) is 0. The van der Waals surface area contributed by atoms with Crippen LogP contribution in [0.4, 0.5) is 0 Å². The van der Waals surface area contributed by atoms with E-state index in [4.69, 9.17) is 17.7 Å². The third-order valence-corrected chi connectivity index (χ3v) is 3.71. The molecule has 2 radical (unpaired) electrons. The van der Waals surface area contributed by atoms with Crippen LogP contribution < -0.4 is 5.59 Å². The van der Waals surface area contributed by atoms with Crippen molar-refractivity contribution in [3.8, 4) is 0 Å². The number of aromatic nitrogens is 3. The molecule has 0 aliphatic carbocycles. The first kappa shape index (κ1) is 12.1. The Balaban J connectivity index is 2.03. The van der Waals surface area contributed by atoms with Crippen LogP contribution in [0.25, 0.3) is 11.2 Å². The molecule has 0 spiro atoms. The first-order valence-corrected chi connectivity index (χ1v) is 6.53. The van der Waals surface area contributed by atoms with Crippen molar-refractivity contribution < 1.29 is 9.84 Å². The van der Waals surface area contributed by atoms with Gasteiger partial charge in [-0.15, -0.1) is 0 Å². The lowest BCUT2D eigenvalue weighted by molar-refractivity contribution is -0.0207. The highest BCUT2D eigenvalue weighted by atomic mass is 79.9. The zero-order valence-electron chi connectivity index (χ0n) is 9.58. The molecule has 1 N–H and O–H groups in total. The van der Waals surface area contributed by atoms with Gasteiger partial charge in [-0.3, -0.25) is 4.57 Å².